The Bertz CT molecular complexity index is 962. The normalized spacial score (nSPS) is 9.70. The summed E-state index contributed by atoms with van der Waals surface area (Å²) >= 11 is 0. The van der Waals surface area contributed by atoms with Gasteiger partial charge in [-0.2, -0.15) is 0 Å². The minimum absolute atomic E-state index is 0.306. The molecule has 0 aromatic heterocycles. The van der Waals surface area contributed by atoms with Crippen molar-refractivity contribution in [1.82, 2.24) is 0 Å². The highest BCUT2D eigenvalue weighted by Crippen LogP contribution is 2.11. The van der Waals surface area contributed by atoms with E-state index in [1.54, 1.807) is 48.5 Å². The first-order chi connectivity index (χ1) is 19.3. The highest BCUT2D eigenvalue weighted by atomic mass is 16.3. The zero-order valence-electron chi connectivity index (χ0n) is 23.0. The first-order valence-electron chi connectivity index (χ1n) is 13.2. The van der Waals surface area contributed by atoms with Crippen LogP contribution < -0.4 is 22.9 Å². The smallest absolute Gasteiger partial charge is 0.115 e. The van der Waals surface area contributed by atoms with Crippen LogP contribution in [-0.2, 0) is 25.7 Å². The number of rotatable bonds is 8. The summed E-state index contributed by atoms with van der Waals surface area (Å²) in [5.41, 5.74) is 26.0. The zero-order chi connectivity index (χ0) is 29.6. The number of nitrogens with two attached hydrogens (primary N) is 4. The Balaban J connectivity index is 0.000000267. The molecule has 0 unspecified atom stereocenters. The molecule has 0 saturated carbocycles. The number of aromatic hydroxyl groups is 4. The molecule has 8 nitrogen and oxygen atoms in total. The molecule has 0 heterocycles. The summed E-state index contributed by atoms with van der Waals surface area (Å²) in [7, 11) is 0. The van der Waals surface area contributed by atoms with Crippen molar-refractivity contribution in [2.24, 2.45) is 22.9 Å². The van der Waals surface area contributed by atoms with Crippen molar-refractivity contribution in [2.75, 3.05) is 26.2 Å². The second-order valence-corrected chi connectivity index (χ2v) is 8.82. The van der Waals surface area contributed by atoms with Crippen molar-refractivity contribution in [3.8, 4) is 23.0 Å². The molecule has 0 amide bonds. The van der Waals surface area contributed by atoms with Gasteiger partial charge in [-0.05, 0) is 123 Å². The predicted molar refractivity (Wildman–Crippen MR) is 163 cm³/mol. The van der Waals surface area contributed by atoms with Crippen LogP contribution in [0.1, 0.15) is 22.3 Å². The Morgan fingerprint density at radius 1 is 0.300 bits per heavy atom. The van der Waals surface area contributed by atoms with Crippen LogP contribution in [0.4, 0.5) is 0 Å². The third kappa shape index (κ3) is 16.0. The second kappa shape index (κ2) is 20.8. The van der Waals surface area contributed by atoms with Gasteiger partial charge in [0.15, 0.2) is 0 Å². The van der Waals surface area contributed by atoms with Gasteiger partial charge in [0.1, 0.15) is 23.0 Å². The molecule has 4 aromatic rings. The molecule has 0 aliphatic rings. The molecule has 12 N–H and O–H groups in total. The Morgan fingerprint density at radius 2 is 0.450 bits per heavy atom. The monoisotopic (exact) mass is 548 g/mol. The molecule has 0 bridgehead atoms. The van der Waals surface area contributed by atoms with Crippen LogP contribution in [0.25, 0.3) is 0 Å². The van der Waals surface area contributed by atoms with Crippen LogP contribution in [0.3, 0.4) is 0 Å². The van der Waals surface area contributed by atoms with Crippen molar-refractivity contribution in [3.63, 3.8) is 0 Å². The molecular formula is C32H44N4O4. The third-order valence-corrected chi connectivity index (χ3v) is 5.48. The van der Waals surface area contributed by atoms with Crippen LogP contribution in [0.5, 0.6) is 23.0 Å². The Hall–Kier alpha value is -4.08. The standard InChI is InChI=1S/4C8H11NO/c4*9-6-5-7-1-3-8(10)4-2-7/h4*1-4,10H,5-6,9H2. The van der Waals surface area contributed by atoms with E-state index < -0.39 is 0 Å². The van der Waals surface area contributed by atoms with Gasteiger partial charge in [-0.3, -0.25) is 0 Å². The quantitative estimate of drug-likeness (QED) is 0.164. The predicted octanol–water partition coefficient (Wildman–Crippen LogP) is 3.57. The van der Waals surface area contributed by atoms with E-state index in [4.69, 9.17) is 43.4 Å². The largest absolute Gasteiger partial charge is 0.508 e. The number of phenols is 4. The van der Waals surface area contributed by atoms with Crippen molar-refractivity contribution < 1.29 is 20.4 Å². The molecule has 216 valence electrons. The fraction of sp³-hybridized carbons (Fsp3) is 0.250. The molecule has 0 saturated heterocycles. The lowest BCUT2D eigenvalue weighted by Crippen LogP contribution is -2.01. The lowest BCUT2D eigenvalue weighted by molar-refractivity contribution is 0.474. The maximum Gasteiger partial charge on any atom is 0.115 e. The van der Waals surface area contributed by atoms with Gasteiger partial charge in [0.2, 0.25) is 0 Å². The highest BCUT2D eigenvalue weighted by Gasteiger charge is 1.92. The molecule has 0 fully saturated rings. The fourth-order valence-electron chi connectivity index (χ4n) is 3.32. The van der Waals surface area contributed by atoms with Crippen molar-refractivity contribution >= 4 is 0 Å². The molecule has 0 radical (unpaired) electrons. The minimum atomic E-state index is 0.306. The van der Waals surface area contributed by atoms with Crippen LogP contribution in [-0.4, -0.2) is 46.6 Å². The van der Waals surface area contributed by atoms with E-state index in [1.165, 1.54) is 22.3 Å². The van der Waals surface area contributed by atoms with Crippen LogP contribution in [0.15, 0.2) is 97.1 Å². The van der Waals surface area contributed by atoms with Gasteiger partial charge in [-0.25, -0.2) is 0 Å². The molecule has 40 heavy (non-hydrogen) atoms. The molecule has 0 aliphatic carbocycles. The summed E-state index contributed by atoms with van der Waals surface area (Å²) < 4.78 is 0. The minimum Gasteiger partial charge on any atom is -0.508 e. The molecule has 8 heteroatoms. The van der Waals surface area contributed by atoms with E-state index >= 15 is 0 Å². The topological polar surface area (TPSA) is 185 Å². The van der Waals surface area contributed by atoms with Gasteiger partial charge in [0, 0.05) is 0 Å². The molecule has 0 spiro atoms. The number of benzene rings is 4. The summed E-state index contributed by atoms with van der Waals surface area (Å²) in [5, 5.41) is 35.6. The van der Waals surface area contributed by atoms with E-state index in [9.17, 15) is 0 Å². The van der Waals surface area contributed by atoms with Gasteiger partial charge in [-0.1, -0.05) is 48.5 Å². The Kier molecular flexibility index (Phi) is 17.7. The lowest BCUT2D eigenvalue weighted by Gasteiger charge is -1.96. The summed E-state index contributed by atoms with van der Waals surface area (Å²) in [5.74, 6) is 1.23. The number of phenolic OH excluding ortho intramolecular Hbond substituents is 4. The lowest BCUT2D eigenvalue weighted by atomic mass is 10.1. The summed E-state index contributed by atoms with van der Waals surface area (Å²) in [6.45, 7) is 2.63. The Labute approximate surface area is 237 Å². The SMILES string of the molecule is NCCc1ccc(O)cc1.NCCc1ccc(O)cc1.NCCc1ccc(O)cc1.NCCc1ccc(O)cc1. The summed E-state index contributed by atoms with van der Waals surface area (Å²) in [6, 6.07) is 28.4. The van der Waals surface area contributed by atoms with E-state index in [0.717, 1.165) is 25.7 Å². The van der Waals surface area contributed by atoms with Gasteiger partial charge in [-0.15, -0.1) is 0 Å². The average Bonchev–Trinajstić information content (AvgIpc) is 2.96. The first kappa shape index (κ1) is 33.9. The second-order valence-electron chi connectivity index (χ2n) is 8.82. The van der Waals surface area contributed by atoms with E-state index in [2.05, 4.69) is 0 Å². The molecule has 4 aromatic carbocycles. The van der Waals surface area contributed by atoms with Gasteiger partial charge >= 0.3 is 0 Å². The first-order valence-corrected chi connectivity index (χ1v) is 13.2. The van der Waals surface area contributed by atoms with Crippen molar-refractivity contribution in [1.29, 1.82) is 0 Å². The summed E-state index contributed by atoms with van der Waals surface area (Å²) in [4.78, 5) is 0. The zero-order valence-corrected chi connectivity index (χ0v) is 23.0. The molecule has 0 aliphatic heterocycles. The maximum absolute atomic E-state index is 8.89. The van der Waals surface area contributed by atoms with Gasteiger partial charge in [0.05, 0.1) is 0 Å². The fourth-order valence-corrected chi connectivity index (χ4v) is 3.32. The molecular weight excluding hydrogens is 504 g/mol. The van der Waals surface area contributed by atoms with E-state index in [-0.39, 0.29) is 0 Å². The van der Waals surface area contributed by atoms with Gasteiger partial charge in [0.25, 0.3) is 0 Å². The van der Waals surface area contributed by atoms with E-state index in [1.807, 2.05) is 48.5 Å². The summed E-state index contributed by atoms with van der Waals surface area (Å²) in [6.07, 6.45) is 3.50. The molecule has 0 atom stereocenters. The van der Waals surface area contributed by atoms with Crippen LogP contribution >= 0.6 is 0 Å². The Morgan fingerprint density at radius 3 is 0.575 bits per heavy atom. The van der Waals surface area contributed by atoms with Crippen molar-refractivity contribution in [2.45, 2.75) is 25.7 Å². The van der Waals surface area contributed by atoms with Crippen LogP contribution in [0.2, 0.25) is 0 Å². The average molecular weight is 549 g/mol. The van der Waals surface area contributed by atoms with Gasteiger partial charge < -0.3 is 43.4 Å². The van der Waals surface area contributed by atoms with Crippen LogP contribution in [0, 0.1) is 0 Å². The molecule has 4 rings (SSSR count). The van der Waals surface area contributed by atoms with Crippen molar-refractivity contribution in [3.05, 3.63) is 119 Å². The maximum atomic E-state index is 8.89. The number of hydrogen-bond acceptors (Lipinski definition) is 8. The number of hydrogen-bond donors (Lipinski definition) is 8. The van der Waals surface area contributed by atoms with E-state index in [0.29, 0.717) is 49.2 Å². The highest BCUT2D eigenvalue weighted by molar-refractivity contribution is 5.28. The third-order valence-electron chi connectivity index (χ3n) is 5.48.